The van der Waals surface area contributed by atoms with Gasteiger partial charge >= 0.3 is 6.03 Å². The van der Waals surface area contributed by atoms with Gasteiger partial charge in [-0.2, -0.15) is 0 Å². The van der Waals surface area contributed by atoms with E-state index >= 15 is 0 Å². The molecule has 2 heterocycles. The summed E-state index contributed by atoms with van der Waals surface area (Å²) < 4.78 is 1.92. The first-order valence-corrected chi connectivity index (χ1v) is 7.58. The van der Waals surface area contributed by atoms with E-state index in [1.54, 1.807) is 12.1 Å². The van der Waals surface area contributed by atoms with E-state index in [1.165, 1.54) is 0 Å². The predicted molar refractivity (Wildman–Crippen MR) is 92.9 cm³/mol. The Morgan fingerprint density at radius 3 is 2.60 bits per heavy atom. The second-order valence-electron chi connectivity index (χ2n) is 5.40. The van der Waals surface area contributed by atoms with Crippen LogP contribution in [0.15, 0.2) is 54.9 Å². The molecule has 25 heavy (non-hydrogen) atoms. The number of aromatic nitrogens is 2. The molecule has 0 radical (unpaired) electrons. The molecule has 0 aliphatic rings. The van der Waals surface area contributed by atoms with Crippen molar-refractivity contribution >= 4 is 23.3 Å². The van der Waals surface area contributed by atoms with Crippen molar-refractivity contribution in [3.05, 3.63) is 54.9 Å². The van der Waals surface area contributed by atoms with Crippen LogP contribution in [-0.2, 0) is 4.79 Å². The molecule has 0 bridgehead atoms. The maximum atomic E-state index is 12.0. The van der Waals surface area contributed by atoms with Crippen molar-refractivity contribution in [2.24, 2.45) is 5.73 Å². The number of nitrogens with zero attached hydrogens (tertiary/aromatic N) is 2. The fourth-order valence-electron chi connectivity index (χ4n) is 2.39. The first kappa shape index (κ1) is 16.5. The molecule has 3 aromatic rings. The van der Waals surface area contributed by atoms with E-state index in [4.69, 9.17) is 10.8 Å². The van der Waals surface area contributed by atoms with Crippen LogP contribution in [0, 0.1) is 0 Å². The lowest BCUT2D eigenvalue weighted by Crippen LogP contribution is -2.48. The van der Waals surface area contributed by atoms with E-state index in [1.807, 2.05) is 47.1 Å². The van der Waals surface area contributed by atoms with Gasteiger partial charge in [-0.1, -0.05) is 18.2 Å². The first-order chi connectivity index (χ1) is 12.1. The normalized spacial score (nSPS) is 11.9. The summed E-state index contributed by atoms with van der Waals surface area (Å²) >= 11 is 0. The zero-order valence-electron chi connectivity index (χ0n) is 13.2. The summed E-state index contributed by atoms with van der Waals surface area (Å²) in [5.41, 5.74) is 8.05. The molecule has 5 N–H and O–H groups in total. The van der Waals surface area contributed by atoms with Gasteiger partial charge in [-0.05, 0) is 24.3 Å². The van der Waals surface area contributed by atoms with Gasteiger partial charge in [-0.25, -0.2) is 9.78 Å². The highest BCUT2D eigenvalue weighted by atomic mass is 16.3. The lowest BCUT2D eigenvalue weighted by Gasteiger charge is -2.14. The number of benzene rings is 1. The molecule has 3 amide bonds. The number of amides is 3. The van der Waals surface area contributed by atoms with Crippen LogP contribution in [0.3, 0.4) is 0 Å². The highest BCUT2D eigenvalue weighted by molar-refractivity contribution is 5.97. The molecular formula is C17H17N5O3. The minimum atomic E-state index is -1.10. The molecule has 1 atom stereocenters. The third kappa shape index (κ3) is 3.75. The van der Waals surface area contributed by atoms with Crippen LogP contribution in [0.5, 0.6) is 0 Å². The number of imidazole rings is 1. The number of urea groups is 1. The summed E-state index contributed by atoms with van der Waals surface area (Å²) in [6.07, 6.45) is 3.84. The summed E-state index contributed by atoms with van der Waals surface area (Å²) in [5.74, 6) is -0.554. The smallest absolute Gasteiger partial charge is 0.312 e. The lowest BCUT2D eigenvalue weighted by molar-refractivity contribution is -0.118. The van der Waals surface area contributed by atoms with Crippen molar-refractivity contribution in [1.29, 1.82) is 0 Å². The number of pyridine rings is 1. The SMILES string of the molecule is NC(=O)N[C@H](CO)C(=O)Nc1ccc(-c2cn3ccccc3n2)cc1. The Balaban J connectivity index is 1.73. The number of hydrogen-bond donors (Lipinski definition) is 4. The fourth-order valence-corrected chi connectivity index (χ4v) is 2.39. The molecule has 1 aromatic carbocycles. The van der Waals surface area contributed by atoms with Crippen molar-refractivity contribution in [3.8, 4) is 11.3 Å². The highest BCUT2D eigenvalue weighted by Crippen LogP contribution is 2.21. The molecule has 3 rings (SSSR count). The van der Waals surface area contributed by atoms with Gasteiger partial charge in [0.05, 0.1) is 12.3 Å². The van der Waals surface area contributed by atoms with E-state index in [-0.39, 0.29) is 0 Å². The van der Waals surface area contributed by atoms with Crippen molar-refractivity contribution < 1.29 is 14.7 Å². The Morgan fingerprint density at radius 2 is 1.96 bits per heavy atom. The second kappa shape index (κ2) is 7.02. The van der Waals surface area contributed by atoms with Crippen LogP contribution >= 0.6 is 0 Å². The van der Waals surface area contributed by atoms with Crippen LogP contribution < -0.4 is 16.4 Å². The van der Waals surface area contributed by atoms with Gasteiger partial charge in [-0.3, -0.25) is 4.79 Å². The predicted octanol–water partition coefficient (Wildman–Crippen LogP) is 0.969. The maximum Gasteiger partial charge on any atom is 0.312 e. The molecular weight excluding hydrogens is 322 g/mol. The van der Waals surface area contributed by atoms with Gasteiger partial charge in [0.1, 0.15) is 11.7 Å². The molecule has 8 heteroatoms. The van der Waals surface area contributed by atoms with Crippen molar-refractivity contribution in [2.75, 3.05) is 11.9 Å². The van der Waals surface area contributed by atoms with Crippen LogP contribution in [0.1, 0.15) is 0 Å². The maximum absolute atomic E-state index is 12.0. The third-order valence-electron chi connectivity index (χ3n) is 3.63. The molecule has 0 spiro atoms. The molecule has 128 valence electrons. The molecule has 0 aliphatic heterocycles. The average molecular weight is 339 g/mol. The number of fused-ring (bicyclic) bond motifs is 1. The van der Waals surface area contributed by atoms with Crippen LogP contribution in [-0.4, -0.2) is 39.1 Å². The Labute approximate surface area is 143 Å². The van der Waals surface area contributed by atoms with Crippen LogP contribution in [0.25, 0.3) is 16.9 Å². The molecule has 0 saturated heterocycles. The van der Waals surface area contributed by atoms with Crippen molar-refractivity contribution in [1.82, 2.24) is 14.7 Å². The molecule has 0 fully saturated rings. The second-order valence-corrected chi connectivity index (χ2v) is 5.40. The average Bonchev–Trinajstić information content (AvgIpc) is 3.04. The van der Waals surface area contributed by atoms with Gasteiger partial charge in [0, 0.05) is 23.6 Å². The molecule has 8 nitrogen and oxygen atoms in total. The minimum absolute atomic E-state index is 0.530. The number of rotatable bonds is 5. The Bertz CT molecular complexity index is 871. The summed E-state index contributed by atoms with van der Waals surface area (Å²) in [6.45, 7) is -0.548. The van der Waals surface area contributed by atoms with E-state index in [0.29, 0.717) is 5.69 Å². The van der Waals surface area contributed by atoms with Gasteiger partial charge in [0.25, 0.3) is 0 Å². The third-order valence-corrected chi connectivity index (χ3v) is 3.63. The number of hydrogen-bond acceptors (Lipinski definition) is 4. The molecule has 0 unspecified atom stereocenters. The van der Waals surface area contributed by atoms with E-state index in [2.05, 4.69) is 15.6 Å². The number of anilines is 1. The van der Waals surface area contributed by atoms with Gasteiger partial charge < -0.3 is 25.9 Å². The number of primary amides is 1. The number of carbonyl (C=O) groups excluding carboxylic acids is 2. The van der Waals surface area contributed by atoms with Crippen LogP contribution in [0.2, 0.25) is 0 Å². The topological polar surface area (TPSA) is 122 Å². The lowest BCUT2D eigenvalue weighted by atomic mass is 10.1. The monoisotopic (exact) mass is 339 g/mol. The minimum Gasteiger partial charge on any atom is -0.394 e. The summed E-state index contributed by atoms with van der Waals surface area (Å²) in [4.78, 5) is 27.3. The Morgan fingerprint density at radius 1 is 1.20 bits per heavy atom. The summed E-state index contributed by atoms with van der Waals surface area (Å²) in [7, 11) is 0. The Hall–Kier alpha value is -3.39. The molecule has 2 aromatic heterocycles. The number of nitrogens with two attached hydrogens (primary N) is 1. The van der Waals surface area contributed by atoms with Crippen molar-refractivity contribution in [3.63, 3.8) is 0 Å². The van der Waals surface area contributed by atoms with Crippen molar-refractivity contribution in [2.45, 2.75) is 6.04 Å². The largest absolute Gasteiger partial charge is 0.394 e. The van der Waals surface area contributed by atoms with Gasteiger partial charge in [-0.15, -0.1) is 0 Å². The number of carbonyl (C=O) groups is 2. The highest BCUT2D eigenvalue weighted by Gasteiger charge is 2.18. The first-order valence-electron chi connectivity index (χ1n) is 7.58. The quantitative estimate of drug-likeness (QED) is 0.553. The van der Waals surface area contributed by atoms with Gasteiger partial charge in [0.15, 0.2) is 0 Å². The van der Waals surface area contributed by atoms with E-state index in [9.17, 15) is 9.59 Å². The fraction of sp³-hybridized carbons (Fsp3) is 0.118. The number of aliphatic hydroxyl groups is 1. The molecule has 0 saturated carbocycles. The number of aliphatic hydroxyl groups excluding tert-OH is 1. The molecule has 0 aliphatic carbocycles. The summed E-state index contributed by atoms with van der Waals surface area (Å²) in [6, 6.07) is 10.9. The van der Waals surface area contributed by atoms with Gasteiger partial charge in [0.2, 0.25) is 5.91 Å². The van der Waals surface area contributed by atoms with Crippen LogP contribution in [0.4, 0.5) is 10.5 Å². The van der Waals surface area contributed by atoms with E-state index in [0.717, 1.165) is 16.9 Å². The summed E-state index contributed by atoms with van der Waals surface area (Å²) in [5, 5.41) is 13.9. The Kier molecular flexibility index (Phi) is 4.62. The number of nitrogens with one attached hydrogen (secondary N) is 2. The zero-order valence-corrected chi connectivity index (χ0v) is 13.2. The van der Waals surface area contributed by atoms with E-state index < -0.39 is 24.6 Å². The zero-order chi connectivity index (χ0) is 17.8. The standard InChI is InChI=1S/C17H17N5O3/c18-17(25)21-14(10-23)16(24)19-12-6-4-11(5-7-12)13-9-22-8-2-1-3-15(22)20-13/h1-9,14,23H,10H2,(H,19,24)(H3,18,21,25)/t14-/m1/s1.